The molecule has 2 aromatic heterocycles. The zero-order valence-electron chi connectivity index (χ0n) is 12.9. The van der Waals surface area contributed by atoms with Crippen molar-refractivity contribution in [1.82, 2.24) is 19.8 Å². The predicted molar refractivity (Wildman–Crippen MR) is 86.1 cm³/mol. The zero-order chi connectivity index (χ0) is 15.8. The molecule has 0 bridgehead atoms. The number of amides is 1. The summed E-state index contributed by atoms with van der Waals surface area (Å²) < 4.78 is 7.49. The van der Waals surface area contributed by atoms with Gasteiger partial charge in [0.2, 0.25) is 0 Å². The minimum Gasteiger partial charge on any atom is -0.463 e. The van der Waals surface area contributed by atoms with Gasteiger partial charge in [-0.3, -0.25) is 4.79 Å². The fraction of sp³-hybridized carbons (Fsp3) is 0.294. The fourth-order valence-corrected chi connectivity index (χ4v) is 3.17. The molecule has 1 unspecified atom stereocenters. The molecule has 1 aliphatic heterocycles. The van der Waals surface area contributed by atoms with Crippen LogP contribution in [0.1, 0.15) is 22.2 Å². The maximum atomic E-state index is 13.1. The van der Waals surface area contributed by atoms with Crippen LogP contribution < -0.4 is 5.32 Å². The number of aryl methyl sites for hydroxylation is 1. The second-order valence-corrected chi connectivity index (χ2v) is 5.76. The van der Waals surface area contributed by atoms with Gasteiger partial charge in [-0.2, -0.15) is 0 Å². The van der Waals surface area contributed by atoms with Crippen LogP contribution in [0.2, 0.25) is 0 Å². The molecule has 6 nitrogen and oxygen atoms in total. The van der Waals surface area contributed by atoms with Gasteiger partial charge in [0, 0.05) is 44.5 Å². The molecule has 1 N–H and O–H groups in total. The standard InChI is InChI=1S/C17H18N4O2/c1-20-8-7-19-16(20)14-10-18-6-9-21(14)17(22)13-11-23-15-5-3-2-4-12(13)15/h2-5,7-8,11,14,18H,6,9-10H2,1H3. The maximum Gasteiger partial charge on any atom is 0.258 e. The van der Waals surface area contributed by atoms with E-state index in [1.54, 1.807) is 12.5 Å². The summed E-state index contributed by atoms with van der Waals surface area (Å²) in [5.74, 6) is 0.878. The first kappa shape index (κ1) is 14.0. The van der Waals surface area contributed by atoms with Crippen LogP contribution in [0, 0.1) is 0 Å². The minimum atomic E-state index is -0.0788. The lowest BCUT2D eigenvalue weighted by Crippen LogP contribution is -2.49. The topological polar surface area (TPSA) is 63.3 Å². The third kappa shape index (κ3) is 2.31. The number of nitrogens with one attached hydrogen (secondary N) is 1. The molecule has 1 atom stereocenters. The van der Waals surface area contributed by atoms with Crippen LogP contribution in [-0.2, 0) is 7.05 Å². The fourth-order valence-electron chi connectivity index (χ4n) is 3.17. The van der Waals surface area contributed by atoms with Crippen LogP contribution in [0.15, 0.2) is 47.3 Å². The van der Waals surface area contributed by atoms with Crippen molar-refractivity contribution in [2.45, 2.75) is 6.04 Å². The van der Waals surface area contributed by atoms with Crippen LogP contribution in [0.25, 0.3) is 11.0 Å². The van der Waals surface area contributed by atoms with E-state index in [-0.39, 0.29) is 11.9 Å². The van der Waals surface area contributed by atoms with Crippen molar-refractivity contribution in [2.24, 2.45) is 7.05 Å². The summed E-state index contributed by atoms with van der Waals surface area (Å²) in [6.45, 7) is 2.13. The molecule has 1 aromatic carbocycles. The van der Waals surface area contributed by atoms with E-state index in [1.807, 2.05) is 47.0 Å². The Kier molecular flexibility index (Phi) is 3.38. The van der Waals surface area contributed by atoms with Crippen molar-refractivity contribution in [1.29, 1.82) is 0 Å². The van der Waals surface area contributed by atoms with Gasteiger partial charge in [-0.15, -0.1) is 0 Å². The molecular formula is C17H18N4O2. The molecule has 23 heavy (non-hydrogen) atoms. The third-order valence-corrected chi connectivity index (χ3v) is 4.37. The third-order valence-electron chi connectivity index (χ3n) is 4.37. The number of imidazole rings is 1. The number of carbonyl (C=O) groups is 1. The average molecular weight is 310 g/mol. The van der Waals surface area contributed by atoms with Crippen LogP contribution in [0.3, 0.4) is 0 Å². The Morgan fingerprint density at radius 3 is 3.09 bits per heavy atom. The van der Waals surface area contributed by atoms with Crippen molar-refractivity contribution in [3.8, 4) is 0 Å². The van der Waals surface area contributed by atoms with Gasteiger partial charge < -0.3 is 19.2 Å². The van der Waals surface area contributed by atoms with E-state index in [0.717, 1.165) is 23.3 Å². The molecule has 1 fully saturated rings. The summed E-state index contributed by atoms with van der Waals surface area (Å²) in [6, 6.07) is 7.54. The van der Waals surface area contributed by atoms with E-state index in [4.69, 9.17) is 4.42 Å². The molecular weight excluding hydrogens is 292 g/mol. The van der Waals surface area contributed by atoms with Crippen molar-refractivity contribution in [2.75, 3.05) is 19.6 Å². The largest absolute Gasteiger partial charge is 0.463 e. The average Bonchev–Trinajstić information content (AvgIpc) is 3.20. The van der Waals surface area contributed by atoms with Crippen LogP contribution in [0.4, 0.5) is 0 Å². The summed E-state index contributed by atoms with van der Waals surface area (Å²) in [5, 5.41) is 4.20. The summed E-state index contributed by atoms with van der Waals surface area (Å²) in [5.41, 5.74) is 1.35. The molecule has 3 aromatic rings. The highest BCUT2D eigenvalue weighted by Crippen LogP contribution is 2.27. The van der Waals surface area contributed by atoms with Gasteiger partial charge in [-0.1, -0.05) is 18.2 Å². The number of nitrogens with zero attached hydrogens (tertiary/aromatic N) is 3. The first-order valence-electron chi connectivity index (χ1n) is 7.71. The molecule has 1 amide bonds. The Balaban J connectivity index is 1.72. The number of hydrogen-bond donors (Lipinski definition) is 1. The second kappa shape index (κ2) is 5.55. The van der Waals surface area contributed by atoms with Crippen molar-refractivity contribution < 1.29 is 9.21 Å². The summed E-state index contributed by atoms with van der Waals surface area (Å²) in [7, 11) is 1.95. The lowest BCUT2D eigenvalue weighted by atomic mass is 10.1. The van der Waals surface area contributed by atoms with Gasteiger partial charge in [0.25, 0.3) is 5.91 Å². The Morgan fingerprint density at radius 2 is 2.26 bits per heavy atom. The highest BCUT2D eigenvalue weighted by Gasteiger charge is 2.32. The quantitative estimate of drug-likeness (QED) is 0.786. The smallest absolute Gasteiger partial charge is 0.258 e. The number of carbonyl (C=O) groups excluding carboxylic acids is 1. The van der Waals surface area contributed by atoms with Crippen molar-refractivity contribution in [3.63, 3.8) is 0 Å². The number of benzene rings is 1. The molecule has 1 saturated heterocycles. The Labute approximate surface area is 133 Å². The van der Waals surface area contributed by atoms with Gasteiger partial charge in [0.1, 0.15) is 23.7 Å². The zero-order valence-corrected chi connectivity index (χ0v) is 12.9. The van der Waals surface area contributed by atoms with E-state index in [2.05, 4.69) is 10.3 Å². The lowest BCUT2D eigenvalue weighted by molar-refractivity contribution is 0.0622. The normalized spacial score (nSPS) is 18.5. The Morgan fingerprint density at radius 1 is 1.39 bits per heavy atom. The SMILES string of the molecule is Cn1ccnc1C1CNCCN1C(=O)c1coc2ccccc12. The second-order valence-electron chi connectivity index (χ2n) is 5.76. The summed E-state index contributed by atoms with van der Waals surface area (Å²) >= 11 is 0. The lowest BCUT2D eigenvalue weighted by Gasteiger charge is -2.35. The van der Waals surface area contributed by atoms with Crippen molar-refractivity contribution >= 4 is 16.9 Å². The van der Waals surface area contributed by atoms with E-state index in [1.165, 1.54) is 0 Å². The molecule has 0 spiro atoms. The highest BCUT2D eigenvalue weighted by atomic mass is 16.3. The Bertz CT molecular complexity index is 851. The number of fused-ring (bicyclic) bond motifs is 1. The van der Waals surface area contributed by atoms with E-state index in [0.29, 0.717) is 18.7 Å². The van der Waals surface area contributed by atoms with Crippen molar-refractivity contribution in [3.05, 3.63) is 54.3 Å². The number of furan rings is 1. The first-order chi connectivity index (χ1) is 11.3. The molecule has 3 heterocycles. The summed E-state index contributed by atoms with van der Waals surface area (Å²) in [6.07, 6.45) is 5.23. The van der Waals surface area contributed by atoms with E-state index >= 15 is 0 Å². The van der Waals surface area contributed by atoms with E-state index in [9.17, 15) is 4.79 Å². The number of aromatic nitrogens is 2. The van der Waals surface area contributed by atoms with Crippen LogP contribution in [0.5, 0.6) is 0 Å². The Hall–Kier alpha value is -2.60. The van der Waals surface area contributed by atoms with Gasteiger partial charge in [-0.25, -0.2) is 4.98 Å². The molecule has 0 aliphatic carbocycles. The minimum absolute atomic E-state index is 0.00977. The first-order valence-corrected chi connectivity index (χ1v) is 7.71. The maximum absolute atomic E-state index is 13.1. The molecule has 4 rings (SSSR count). The van der Waals surface area contributed by atoms with Gasteiger partial charge >= 0.3 is 0 Å². The summed E-state index contributed by atoms with van der Waals surface area (Å²) in [4.78, 5) is 19.4. The van der Waals surface area contributed by atoms with Gasteiger partial charge in [0.15, 0.2) is 0 Å². The van der Waals surface area contributed by atoms with Gasteiger partial charge in [-0.05, 0) is 6.07 Å². The van der Waals surface area contributed by atoms with E-state index < -0.39 is 0 Å². The number of para-hydroxylation sites is 1. The highest BCUT2D eigenvalue weighted by molar-refractivity contribution is 6.06. The van der Waals surface area contributed by atoms with Crippen LogP contribution in [-0.4, -0.2) is 40.0 Å². The molecule has 0 saturated carbocycles. The monoisotopic (exact) mass is 310 g/mol. The van der Waals surface area contributed by atoms with Gasteiger partial charge in [0.05, 0.1) is 5.56 Å². The number of piperazine rings is 1. The number of hydrogen-bond acceptors (Lipinski definition) is 4. The number of rotatable bonds is 2. The molecule has 118 valence electrons. The van der Waals surface area contributed by atoms with Crippen LogP contribution >= 0.6 is 0 Å². The molecule has 0 radical (unpaired) electrons. The predicted octanol–water partition coefficient (Wildman–Crippen LogP) is 1.95. The molecule has 6 heteroatoms. The molecule has 1 aliphatic rings.